The lowest BCUT2D eigenvalue weighted by atomic mass is 9.94. The van der Waals surface area contributed by atoms with Crippen LogP contribution in [0.25, 0.3) is 0 Å². The van der Waals surface area contributed by atoms with Crippen LogP contribution in [0.4, 0.5) is 9.59 Å². The van der Waals surface area contributed by atoms with Crippen molar-refractivity contribution in [3.8, 4) is 0 Å². The molecule has 0 aliphatic heterocycles. The summed E-state index contributed by atoms with van der Waals surface area (Å²) in [5.74, 6) is -0.390. The summed E-state index contributed by atoms with van der Waals surface area (Å²) < 4.78 is 37.9. The molecule has 0 radical (unpaired) electrons. The second-order valence-electron chi connectivity index (χ2n) is 26.1. The molecule has 0 aromatic rings. The first-order valence-electron chi connectivity index (χ1n) is 22.2. The van der Waals surface area contributed by atoms with Gasteiger partial charge < -0.3 is 41.4 Å². The molecule has 0 unspecified atom stereocenters. The molecule has 0 atom stereocenters. The summed E-state index contributed by atoms with van der Waals surface area (Å²) >= 11 is 0. The van der Waals surface area contributed by atoms with Crippen molar-refractivity contribution in [1.29, 1.82) is 0 Å². The lowest BCUT2D eigenvalue weighted by molar-refractivity contribution is -0.163. The molecule has 0 heterocycles. The van der Waals surface area contributed by atoms with Crippen LogP contribution in [0.1, 0.15) is 214 Å². The zero-order chi connectivity index (χ0) is 53.9. The summed E-state index contributed by atoms with van der Waals surface area (Å²) in [4.78, 5) is 56.7. The van der Waals surface area contributed by atoms with Crippen LogP contribution in [0.2, 0.25) is 0 Å². The second-order valence-corrected chi connectivity index (χ2v) is 27.5. The van der Waals surface area contributed by atoms with Crippen LogP contribution in [0.3, 0.4) is 0 Å². The van der Waals surface area contributed by atoms with Crippen molar-refractivity contribution in [1.82, 2.24) is 41.3 Å². The van der Waals surface area contributed by atoms with Gasteiger partial charge >= 0.3 is 22.3 Å². The number of amides is 7. The largest absolute Gasteiger partial charge is 0.351 e. The van der Waals surface area contributed by atoms with Crippen LogP contribution in [-0.2, 0) is 34.1 Å². The molecule has 0 saturated carbocycles. The Kier molecular flexibility index (Phi) is 29.3. The molecule has 8 N–H and O–H groups in total. The van der Waals surface area contributed by atoms with Crippen LogP contribution < -0.4 is 41.3 Å². The Morgan fingerprint density at radius 2 is 0.631 bits per heavy atom. The number of ether oxygens (including phenoxy) is 2. The number of urea groups is 2. The minimum Gasteiger partial charge on any atom is -0.351 e. The van der Waals surface area contributed by atoms with Gasteiger partial charge in [0.15, 0.2) is 0 Å². The van der Waals surface area contributed by atoms with Gasteiger partial charge in [-0.05, 0) is 187 Å². The average molecular weight is 955 g/mol. The minimum absolute atomic E-state index is 0.102. The van der Waals surface area contributed by atoms with Crippen molar-refractivity contribution in [3.05, 3.63) is 0 Å². The Morgan fingerprint density at radius 1 is 0.369 bits per heavy atom. The molecule has 65 heavy (non-hydrogen) atoms. The topological polar surface area (TPSA) is 234 Å². The highest BCUT2D eigenvalue weighted by molar-refractivity contribution is 7.88. The first-order valence-corrected chi connectivity index (χ1v) is 23.7. The van der Waals surface area contributed by atoms with E-state index < -0.39 is 27.3 Å². The molecule has 0 rings (SSSR count). The molecule has 0 spiro atoms. The van der Waals surface area contributed by atoms with E-state index in [1.165, 1.54) is 0 Å². The van der Waals surface area contributed by atoms with E-state index in [1.807, 2.05) is 171 Å². The zero-order valence-electron chi connectivity index (χ0n) is 47.0. The first kappa shape index (κ1) is 70.8. The molecule has 390 valence electrons. The van der Waals surface area contributed by atoms with Crippen molar-refractivity contribution < 1.29 is 41.9 Å². The van der Waals surface area contributed by atoms with Crippen LogP contribution >= 0.6 is 0 Å². The Hall–Kier alpha value is -3.22. The van der Waals surface area contributed by atoms with Crippen LogP contribution in [0.5, 0.6) is 0 Å². The van der Waals surface area contributed by atoms with Gasteiger partial charge in [0, 0.05) is 44.2 Å². The predicted molar refractivity (Wildman–Crippen MR) is 269 cm³/mol. The van der Waals surface area contributed by atoms with Gasteiger partial charge in [-0.3, -0.25) is 14.4 Å². The highest BCUT2D eigenvalue weighted by Crippen LogP contribution is 2.15. The third-order valence-corrected chi connectivity index (χ3v) is 6.97. The number of nitrogens with one attached hydrogen (secondary N) is 8. The van der Waals surface area contributed by atoms with E-state index in [4.69, 9.17) is 9.47 Å². The highest BCUT2D eigenvalue weighted by atomic mass is 32.2. The molecule has 0 aromatic carbocycles. The maximum Gasteiger partial charge on any atom is 0.329 e. The summed E-state index contributed by atoms with van der Waals surface area (Å²) in [5, 5.41) is 16.5. The molecule has 0 aliphatic rings. The monoisotopic (exact) mass is 955 g/mol. The van der Waals surface area contributed by atoms with Gasteiger partial charge in [-0.2, -0.15) is 13.1 Å². The molecule has 0 saturated heterocycles. The Labute approximate surface area is 398 Å². The molecular formula is C47H102N8O9S. The fourth-order valence-electron chi connectivity index (χ4n) is 3.61. The summed E-state index contributed by atoms with van der Waals surface area (Å²) in [7, 11) is -3.82. The smallest absolute Gasteiger partial charge is 0.329 e. The van der Waals surface area contributed by atoms with Crippen LogP contribution in [-0.4, -0.2) is 95.0 Å². The summed E-state index contributed by atoms with van der Waals surface area (Å²) in [5.41, 5.74) is -2.66. The van der Waals surface area contributed by atoms with E-state index in [-0.39, 0.29) is 74.5 Å². The average Bonchev–Trinajstić information content (AvgIpc) is 2.84. The SMILES string of the molecule is CC(C)(C)NC(=O)C(C)(C)C.CC(C)(C)NC(=O)CC(=O)NC(C)(C)C.CC(C)(C)NC(=O)NC(C)(C)C.CC(C)(C)NC(=O)NS(=O)(=O)NC(C)(C)C.CC(C)(C)OCOC(C)(C)C. The van der Waals surface area contributed by atoms with E-state index in [0.29, 0.717) is 6.79 Å². The van der Waals surface area contributed by atoms with Crippen LogP contribution in [0, 0.1) is 5.41 Å². The Morgan fingerprint density at radius 3 is 0.831 bits per heavy atom. The van der Waals surface area contributed by atoms with Gasteiger partial charge in [0.25, 0.3) is 0 Å². The third kappa shape index (κ3) is 67.5. The quantitative estimate of drug-likeness (QED) is 0.0943. The lowest BCUT2D eigenvalue weighted by Gasteiger charge is -2.26. The summed E-state index contributed by atoms with van der Waals surface area (Å²) in [6.45, 7) is 57.5. The fraction of sp³-hybridized carbons (Fsp3) is 0.894. The van der Waals surface area contributed by atoms with E-state index in [2.05, 4.69) is 36.6 Å². The van der Waals surface area contributed by atoms with Crippen molar-refractivity contribution in [2.75, 3.05) is 6.79 Å². The molecular weight excluding hydrogens is 853 g/mol. The molecule has 7 amide bonds. The van der Waals surface area contributed by atoms with Gasteiger partial charge in [0.1, 0.15) is 13.2 Å². The number of carbonyl (C=O) groups excluding carboxylic acids is 5. The van der Waals surface area contributed by atoms with Crippen molar-refractivity contribution in [2.45, 2.75) is 264 Å². The maximum atomic E-state index is 11.5. The normalized spacial score (nSPS) is 12.9. The van der Waals surface area contributed by atoms with Crippen molar-refractivity contribution >= 4 is 40.0 Å². The Bertz CT molecular complexity index is 1490. The molecule has 0 aliphatic carbocycles. The van der Waals surface area contributed by atoms with Crippen molar-refractivity contribution in [2.24, 2.45) is 5.41 Å². The Balaban J connectivity index is -0.000000233. The molecule has 0 bridgehead atoms. The second kappa shape index (κ2) is 26.9. The van der Waals surface area contributed by atoms with E-state index in [9.17, 15) is 32.4 Å². The summed E-state index contributed by atoms with van der Waals surface area (Å²) in [6, 6.07) is -0.862. The lowest BCUT2D eigenvalue weighted by Crippen LogP contribution is -2.54. The van der Waals surface area contributed by atoms with Crippen LogP contribution in [0.15, 0.2) is 0 Å². The third-order valence-electron chi connectivity index (χ3n) is 5.64. The minimum atomic E-state index is -3.82. The predicted octanol–water partition coefficient (Wildman–Crippen LogP) is 8.33. The molecule has 18 heteroatoms. The standard InChI is InChI=1S/C11H22N2O2.C9H21N3O3S.C9H20N2O.C9H19NO.C9H20O2/c1-10(2,3)12-8(14)7-9(15)13-11(4,5)6;1-8(2,3)10-7(13)11-16(14,15)12-9(4,5)6;1-8(2,3)10-7(12)11-9(4,5)6;1-8(2,3)7(11)10-9(4,5)6;1-8(2,3)10-7-11-9(4,5)6/h7H2,1-6H3,(H,12,14)(H,13,15);12H,1-6H3,(H2,10,11,13);1-6H3,(H2,10,11,12);1-6H3,(H,10,11);7H2,1-6H3. The van der Waals surface area contributed by atoms with Gasteiger partial charge in [0.2, 0.25) is 17.7 Å². The molecule has 17 nitrogen and oxygen atoms in total. The number of rotatable bonds is 6. The number of carbonyl (C=O) groups is 5. The summed E-state index contributed by atoms with van der Waals surface area (Å²) in [6.07, 6.45) is -0.117. The highest BCUT2D eigenvalue weighted by Gasteiger charge is 2.26. The van der Waals surface area contributed by atoms with E-state index >= 15 is 0 Å². The van der Waals surface area contributed by atoms with Crippen molar-refractivity contribution in [3.63, 3.8) is 0 Å². The number of hydrogen-bond donors (Lipinski definition) is 8. The number of hydrogen-bond acceptors (Lipinski definition) is 9. The van der Waals surface area contributed by atoms with Gasteiger partial charge in [-0.1, -0.05) is 20.8 Å². The first-order chi connectivity index (χ1) is 27.7. The fourth-order valence-corrected chi connectivity index (χ4v) is 4.76. The van der Waals surface area contributed by atoms with Gasteiger partial charge in [0.05, 0.1) is 11.2 Å². The van der Waals surface area contributed by atoms with Gasteiger partial charge in [-0.15, -0.1) is 0 Å². The van der Waals surface area contributed by atoms with E-state index in [1.54, 1.807) is 41.5 Å². The molecule has 0 aromatic heterocycles. The van der Waals surface area contributed by atoms with E-state index in [0.717, 1.165) is 0 Å². The zero-order valence-corrected chi connectivity index (χ0v) is 47.8. The van der Waals surface area contributed by atoms with Gasteiger partial charge in [-0.25, -0.2) is 14.3 Å². The molecule has 0 fully saturated rings. The maximum absolute atomic E-state index is 11.5.